The Morgan fingerprint density at radius 2 is 1.94 bits per heavy atom. The van der Waals surface area contributed by atoms with E-state index in [1.54, 1.807) is 0 Å². The first kappa shape index (κ1) is 12.1. The van der Waals surface area contributed by atoms with Crippen LogP contribution in [0.25, 0.3) is 0 Å². The SMILES string of the molecule is CC1CN(c2ccc(N)cc2Br)CC(C)S1. The van der Waals surface area contributed by atoms with Gasteiger partial charge < -0.3 is 10.6 Å². The van der Waals surface area contributed by atoms with E-state index in [2.05, 4.69) is 52.5 Å². The molecule has 2 nitrogen and oxygen atoms in total. The molecule has 2 atom stereocenters. The lowest BCUT2D eigenvalue weighted by atomic mass is 10.2. The summed E-state index contributed by atoms with van der Waals surface area (Å²) in [5.41, 5.74) is 7.83. The fraction of sp³-hybridized carbons (Fsp3) is 0.500. The summed E-state index contributed by atoms with van der Waals surface area (Å²) in [5, 5.41) is 1.38. The fourth-order valence-electron chi connectivity index (χ4n) is 2.15. The molecule has 1 aromatic carbocycles. The number of halogens is 1. The quantitative estimate of drug-likeness (QED) is 0.807. The molecule has 0 spiro atoms. The van der Waals surface area contributed by atoms with Crippen LogP contribution in [0.4, 0.5) is 11.4 Å². The Morgan fingerprint density at radius 1 is 1.31 bits per heavy atom. The molecule has 0 saturated carbocycles. The van der Waals surface area contributed by atoms with E-state index >= 15 is 0 Å². The van der Waals surface area contributed by atoms with Gasteiger partial charge in [-0.3, -0.25) is 0 Å². The van der Waals surface area contributed by atoms with Gasteiger partial charge in [0.2, 0.25) is 0 Å². The number of rotatable bonds is 1. The Morgan fingerprint density at radius 3 is 2.50 bits per heavy atom. The Bertz CT molecular complexity index is 373. The van der Waals surface area contributed by atoms with E-state index in [1.807, 2.05) is 12.1 Å². The first-order chi connectivity index (χ1) is 7.56. The van der Waals surface area contributed by atoms with E-state index in [9.17, 15) is 0 Å². The van der Waals surface area contributed by atoms with Gasteiger partial charge in [-0.1, -0.05) is 13.8 Å². The van der Waals surface area contributed by atoms with Crippen LogP contribution in [0.1, 0.15) is 13.8 Å². The van der Waals surface area contributed by atoms with Crippen molar-refractivity contribution < 1.29 is 0 Å². The fourth-order valence-corrected chi connectivity index (χ4v) is 4.13. The highest BCUT2D eigenvalue weighted by atomic mass is 79.9. The second kappa shape index (κ2) is 4.88. The molecule has 1 heterocycles. The molecule has 0 bridgehead atoms. The molecule has 2 rings (SSSR count). The molecule has 2 unspecified atom stereocenters. The third-order valence-corrected chi connectivity index (χ3v) is 4.59. The van der Waals surface area contributed by atoms with Gasteiger partial charge in [-0.2, -0.15) is 11.8 Å². The monoisotopic (exact) mass is 300 g/mol. The molecule has 1 aliphatic heterocycles. The maximum absolute atomic E-state index is 5.76. The lowest BCUT2D eigenvalue weighted by Gasteiger charge is -2.36. The van der Waals surface area contributed by atoms with Crippen LogP contribution >= 0.6 is 27.7 Å². The van der Waals surface area contributed by atoms with E-state index in [1.165, 1.54) is 5.69 Å². The van der Waals surface area contributed by atoms with Crippen molar-refractivity contribution >= 4 is 39.1 Å². The zero-order valence-corrected chi connectivity index (χ0v) is 12.0. The molecule has 0 aliphatic carbocycles. The van der Waals surface area contributed by atoms with Crippen molar-refractivity contribution in [1.82, 2.24) is 0 Å². The number of hydrogen-bond donors (Lipinski definition) is 1. The maximum atomic E-state index is 5.76. The van der Waals surface area contributed by atoms with Crippen molar-refractivity contribution in [1.29, 1.82) is 0 Å². The number of hydrogen-bond acceptors (Lipinski definition) is 3. The normalized spacial score (nSPS) is 25.8. The third-order valence-electron chi connectivity index (χ3n) is 2.73. The Balaban J connectivity index is 2.23. The molecular weight excluding hydrogens is 284 g/mol. The molecule has 1 saturated heterocycles. The number of anilines is 2. The van der Waals surface area contributed by atoms with Crippen molar-refractivity contribution in [2.24, 2.45) is 0 Å². The summed E-state index contributed by atoms with van der Waals surface area (Å²) < 4.78 is 1.10. The summed E-state index contributed by atoms with van der Waals surface area (Å²) in [6.07, 6.45) is 0. The van der Waals surface area contributed by atoms with Gasteiger partial charge in [-0.05, 0) is 34.1 Å². The smallest absolute Gasteiger partial charge is 0.0512 e. The first-order valence-corrected chi connectivity index (χ1v) is 7.25. The van der Waals surface area contributed by atoms with Crippen LogP contribution in [0.2, 0.25) is 0 Å². The van der Waals surface area contributed by atoms with Crippen LogP contribution < -0.4 is 10.6 Å². The minimum Gasteiger partial charge on any atom is -0.399 e. The Kier molecular flexibility index (Phi) is 3.70. The number of benzene rings is 1. The summed E-state index contributed by atoms with van der Waals surface area (Å²) in [7, 11) is 0. The van der Waals surface area contributed by atoms with Crippen LogP contribution in [-0.4, -0.2) is 23.6 Å². The second-order valence-electron chi connectivity index (χ2n) is 4.37. The molecule has 0 aromatic heterocycles. The van der Waals surface area contributed by atoms with Crippen LogP contribution in [-0.2, 0) is 0 Å². The van der Waals surface area contributed by atoms with Gasteiger partial charge in [-0.25, -0.2) is 0 Å². The summed E-state index contributed by atoms with van der Waals surface area (Å²) in [4.78, 5) is 2.44. The maximum Gasteiger partial charge on any atom is 0.0512 e. The van der Waals surface area contributed by atoms with Gasteiger partial charge in [0.15, 0.2) is 0 Å². The topological polar surface area (TPSA) is 29.3 Å². The minimum atomic E-state index is 0.688. The number of nitrogens with two attached hydrogens (primary N) is 1. The molecule has 1 fully saturated rings. The zero-order chi connectivity index (χ0) is 11.7. The van der Waals surface area contributed by atoms with Gasteiger partial charge in [0.1, 0.15) is 0 Å². The highest BCUT2D eigenvalue weighted by Crippen LogP contribution is 2.33. The van der Waals surface area contributed by atoms with Crippen molar-refractivity contribution in [2.45, 2.75) is 24.3 Å². The number of thioether (sulfide) groups is 1. The summed E-state index contributed by atoms with van der Waals surface area (Å²) in [5.74, 6) is 0. The summed E-state index contributed by atoms with van der Waals surface area (Å²) in [6, 6.07) is 6.05. The van der Waals surface area contributed by atoms with Crippen molar-refractivity contribution in [2.75, 3.05) is 23.7 Å². The molecule has 2 N–H and O–H groups in total. The van der Waals surface area contributed by atoms with Crippen LogP contribution in [0.5, 0.6) is 0 Å². The lowest BCUT2D eigenvalue weighted by Crippen LogP contribution is -2.40. The molecule has 0 amide bonds. The van der Waals surface area contributed by atoms with Crippen LogP contribution in [0.3, 0.4) is 0 Å². The molecule has 1 aromatic rings. The van der Waals surface area contributed by atoms with Gasteiger partial charge in [0.25, 0.3) is 0 Å². The van der Waals surface area contributed by atoms with E-state index in [4.69, 9.17) is 5.73 Å². The van der Waals surface area contributed by atoms with Crippen molar-refractivity contribution in [3.05, 3.63) is 22.7 Å². The largest absolute Gasteiger partial charge is 0.399 e. The molecule has 88 valence electrons. The average molecular weight is 301 g/mol. The van der Waals surface area contributed by atoms with E-state index in [0.29, 0.717) is 10.5 Å². The summed E-state index contributed by atoms with van der Waals surface area (Å²) in [6.45, 7) is 6.80. The molecule has 16 heavy (non-hydrogen) atoms. The number of nitrogens with zero attached hydrogens (tertiary/aromatic N) is 1. The predicted octanol–water partition coefficient (Wildman–Crippen LogP) is 3.36. The molecule has 4 heteroatoms. The van der Waals surface area contributed by atoms with Crippen molar-refractivity contribution in [3.8, 4) is 0 Å². The van der Waals surface area contributed by atoms with Crippen LogP contribution in [0, 0.1) is 0 Å². The highest BCUT2D eigenvalue weighted by molar-refractivity contribution is 9.10. The second-order valence-corrected chi connectivity index (χ2v) is 7.11. The van der Waals surface area contributed by atoms with E-state index in [0.717, 1.165) is 23.2 Å². The molecule has 1 aliphatic rings. The Hall–Kier alpha value is -0.350. The third kappa shape index (κ3) is 2.66. The minimum absolute atomic E-state index is 0.688. The van der Waals surface area contributed by atoms with Crippen molar-refractivity contribution in [3.63, 3.8) is 0 Å². The van der Waals surface area contributed by atoms with E-state index in [-0.39, 0.29) is 0 Å². The first-order valence-electron chi connectivity index (χ1n) is 5.51. The lowest BCUT2D eigenvalue weighted by molar-refractivity contribution is 0.727. The standard InChI is InChI=1S/C12H17BrN2S/c1-8-6-15(7-9(2)16-8)12-4-3-10(14)5-11(12)13/h3-5,8-9H,6-7,14H2,1-2H3. The zero-order valence-electron chi connectivity index (χ0n) is 9.61. The molecular formula is C12H17BrN2S. The summed E-state index contributed by atoms with van der Waals surface area (Å²) >= 11 is 5.66. The highest BCUT2D eigenvalue weighted by Gasteiger charge is 2.23. The molecule has 0 radical (unpaired) electrons. The van der Waals surface area contributed by atoms with Crippen LogP contribution in [0.15, 0.2) is 22.7 Å². The van der Waals surface area contributed by atoms with Gasteiger partial charge in [-0.15, -0.1) is 0 Å². The predicted molar refractivity (Wildman–Crippen MR) is 77.3 cm³/mol. The average Bonchev–Trinajstić information content (AvgIpc) is 2.15. The number of nitrogen functional groups attached to an aromatic ring is 1. The van der Waals surface area contributed by atoms with Gasteiger partial charge in [0.05, 0.1) is 5.69 Å². The Labute approximate surface area is 110 Å². The van der Waals surface area contributed by atoms with Gasteiger partial charge in [0, 0.05) is 33.7 Å². The van der Waals surface area contributed by atoms with E-state index < -0.39 is 0 Å². The van der Waals surface area contributed by atoms with Gasteiger partial charge >= 0.3 is 0 Å².